The molecular formula is C22H31F17O3Si. The maximum absolute atomic E-state index is 15.4. The van der Waals surface area contributed by atoms with Crippen LogP contribution in [0.3, 0.4) is 0 Å². The molecule has 21 heteroatoms. The summed E-state index contributed by atoms with van der Waals surface area (Å²) in [6, 6.07) is 0. The van der Waals surface area contributed by atoms with Crippen LogP contribution >= 0.6 is 0 Å². The first kappa shape index (κ1) is 41.9. The Hall–Kier alpha value is -1.09. The molecule has 0 radical (unpaired) electrons. The topological polar surface area (TPSA) is 27.7 Å². The lowest BCUT2D eigenvalue weighted by molar-refractivity contribution is -0.439. The van der Waals surface area contributed by atoms with Gasteiger partial charge in [0, 0.05) is 32.7 Å². The molecule has 0 aromatic heterocycles. The molecule has 0 aliphatic heterocycles. The predicted molar refractivity (Wildman–Crippen MR) is 118 cm³/mol. The highest BCUT2D eigenvalue weighted by molar-refractivity contribution is 6.63. The molecule has 0 aliphatic rings. The molecule has 0 saturated carbocycles. The van der Waals surface area contributed by atoms with Gasteiger partial charge in [0.25, 0.3) is 0 Å². The number of hydrogen-bond donors (Lipinski definition) is 0. The van der Waals surface area contributed by atoms with Crippen LogP contribution in [0.25, 0.3) is 0 Å². The maximum atomic E-state index is 15.4. The third-order valence-electron chi connectivity index (χ3n) is 5.91. The molecule has 0 fully saturated rings. The second-order valence-corrected chi connectivity index (χ2v) is 12.0. The summed E-state index contributed by atoms with van der Waals surface area (Å²) in [5.41, 5.74) is -6.80. The lowest BCUT2D eigenvalue weighted by atomic mass is 9.90. The molecule has 0 amide bonds. The number of hydrogen-bond acceptors (Lipinski definition) is 3. The molecule has 0 unspecified atom stereocenters. The van der Waals surface area contributed by atoms with Gasteiger partial charge in [0.15, 0.2) is 0 Å². The zero-order valence-electron chi connectivity index (χ0n) is 22.9. The van der Waals surface area contributed by atoms with Crippen molar-refractivity contribution >= 4 is 8.80 Å². The van der Waals surface area contributed by atoms with Crippen LogP contribution in [0.1, 0.15) is 72.1 Å². The Balaban J connectivity index is 7.08. The van der Waals surface area contributed by atoms with Crippen LogP contribution in [-0.4, -0.2) is 75.9 Å². The van der Waals surface area contributed by atoms with Crippen LogP contribution in [0.15, 0.2) is 0 Å². The summed E-state index contributed by atoms with van der Waals surface area (Å²) in [7, 11) is -6.74. The first-order chi connectivity index (χ1) is 19.1. The second-order valence-electron chi connectivity index (χ2n) is 9.43. The van der Waals surface area contributed by atoms with Crippen LogP contribution in [0.5, 0.6) is 0 Å². The quantitative estimate of drug-likeness (QED) is 0.0681. The van der Waals surface area contributed by atoms with E-state index in [2.05, 4.69) is 13.3 Å². The van der Waals surface area contributed by atoms with Gasteiger partial charge in [-0.2, -0.15) is 74.6 Å². The number of alkyl halides is 17. The van der Waals surface area contributed by atoms with Crippen molar-refractivity contribution in [2.45, 2.75) is 119 Å². The lowest BCUT2D eigenvalue weighted by Crippen LogP contribution is -2.78. The highest BCUT2D eigenvalue weighted by Gasteiger charge is 2.95. The van der Waals surface area contributed by atoms with Gasteiger partial charge < -0.3 is 13.3 Å². The van der Waals surface area contributed by atoms with Gasteiger partial charge in [0.2, 0.25) is 0 Å². The van der Waals surface area contributed by atoms with E-state index in [0.29, 0.717) is 0 Å². The largest absolute Gasteiger partial charge is 0.582 e. The van der Waals surface area contributed by atoms with Crippen molar-refractivity contribution in [2.24, 2.45) is 0 Å². The molecule has 0 rings (SSSR count). The van der Waals surface area contributed by atoms with E-state index >= 15 is 8.78 Å². The molecule has 0 aromatic carbocycles. The number of halogens is 17. The maximum Gasteiger partial charge on any atom is 0.582 e. The van der Waals surface area contributed by atoms with E-state index in [9.17, 15) is 65.9 Å². The Morgan fingerprint density at radius 3 is 1.02 bits per heavy atom. The smallest absolute Gasteiger partial charge is 0.370 e. The van der Waals surface area contributed by atoms with Crippen LogP contribution in [0, 0.1) is 0 Å². The van der Waals surface area contributed by atoms with E-state index in [0.717, 1.165) is 0 Å². The van der Waals surface area contributed by atoms with Gasteiger partial charge in [-0.1, -0.05) is 40.0 Å². The lowest BCUT2D eigenvalue weighted by Gasteiger charge is -2.45. The zero-order chi connectivity index (χ0) is 34.4. The Morgan fingerprint density at radius 1 is 0.419 bits per heavy atom. The third-order valence-corrected chi connectivity index (χ3v) is 8.74. The summed E-state index contributed by atoms with van der Waals surface area (Å²) < 4.78 is 253. The highest BCUT2D eigenvalue weighted by Crippen LogP contribution is 2.63. The van der Waals surface area contributed by atoms with Gasteiger partial charge in [-0.15, -0.1) is 0 Å². The van der Waals surface area contributed by atoms with Crippen LogP contribution in [0.4, 0.5) is 74.6 Å². The summed E-state index contributed by atoms with van der Waals surface area (Å²) in [5, 5.41) is 0. The van der Waals surface area contributed by atoms with E-state index in [4.69, 9.17) is 0 Å². The Labute approximate surface area is 236 Å². The summed E-state index contributed by atoms with van der Waals surface area (Å²) in [6.07, 6.45) is -12.8. The van der Waals surface area contributed by atoms with Gasteiger partial charge in [0.05, 0.1) is 0 Å². The molecule has 3 nitrogen and oxygen atoms in total. The van der Waals surface area contributed by atoms with Crippen molar-refractivity contribution in [3.05, 3.63) is 0 Å². The zero-order valence-corrected chi connectivity index (χ0v) is 23.9. The minimum Gasteiger partial charge on any atom is -0.370 e. The predicted octanol–water partition coefficient (Wildman–Crippen LogP) is 9.70. The Morgan fingerprint density at radius 2 is 0.721 bits per heavy atom. The minimum absolute atomic E-state index is 0.0778. The Bertz CT molecular complexity index is 823. The van der Waals surface area contributed by atoms with E-state index in [1.165, 1.54) is 20.8 Å². The summed E-state index contributed by atoms with van der Waals surface area (Å²) >= 11 is 0. The van der Waals surface area contributed by atoms with Crippen LogP contribution in [-0.2, 0) is 13.3 Å². The van der Waals surface area contributed by atoms with Gasteiger partial charge in [-0.3, -0.25) is 0 Å². The van der Waals surface area contributed by atoms with Gasteiger partial charge in [-0.25, -0.2) is 0 Å². The molecule has 0 atom stereocenters. The first-order valence-corrected chi connectivity index (χ1v) is 14.5. The molecule has 0 N–H and O–H groups in total. The number of unbranched alkanes of at least 4 members (excludes halogenated alkanes) is 3. The minimum atomic E-state index is -8.45. The van der Waals surface area contributed by atoms with Crippen molar-refractivity contribution in [1.82, 2.24) is 0 Å². The average Bonchev–Trinajstić information content (AvgIpc) is 2.86. The van der Waals surface area contributed by atoms with Crippen LogP contribution < -0.4 is 0 Å². The molecule has 0 bridgehead atoms. The number of rotatable bonds is 21. The molecule has 43 heavy (non-hydrogen) atoms. The van der Waals surface area contributed by atoms with Crippen molar-refractivity contribution in [2.75, 3.05) is 19.8 Å². The molecule has 0 saturated heterocycles. The fraction of sp³-hybridized carbons (Fsp3) is 1.00. The molecule has 0 aromatic rings. The summed E-state index contributed by atoms with van der Waals surface area (Å²) in [4.78, 5) is 0. The molecule has 0 heterocycles. The fourth-order valence-electron chi connectivity index (χ4n) is 3.12. The van der Waals surface area contributed by atoms with E-state index in [-0.39, 0.29) is 38.5 Å². The first-order valence-electron chi connectivity index (χ1n) is 12.8. The normalized spacial score (nSPS) is 15.3. The standard InChI is InChI=1S/C22H31F17O3Si/c1-4-7-12-40-43(41-13-8-5-2,42-14-9-6-3)22(38,39)21(36,37)20(34,35)19(32,33)18(30,31)17(28,29)15(23,24)10-11-16(25,26)27/h4-14H2,1-3H3. The molecule has 0 aliphatic carbocycles. The van der Waals surface area contributed by atoms with Crippen molar-refractivity contribution in [3.63, 3.8) is 0 Å². The van der Waals surface area contributed by atoms with E-state index in [1.807, 2.05) is 0 Å². The summed E-state index contributed by atoms with van der Waals surface area (Å²) in [5.74, 6) is -47.7. The molecular weight excluding hydrogens is 663 g/mol. The SMILES string of the molecule is CCCCO[Si](OCCCC)(OCCCC)C(F)(F)C(F)(F)C(F)(F)C(F)(F)C(F)(F)C(F)(F)C(F)(F)CCC(F)(F)F. The Kier molecular flexibility index (Phi) is 14.2. The third kappa shape index (κ3) is 8.20. The highest BCUT2D eigenvalue weighted by atomic mass is 28.4. The van der Waals surface area contributed by atoms with E-state index < -0.39 is 88.7 Å². The summed E-state index contributed by atoms with van der Waals surface area (Å²) in [6.45, 7) is 1.18. The van der Waals surface area contributed by atoms with Crippen molar-refractivity contribution in [3.8, 4) is 0 Å². The average molecular weight is 695 g/mol. The van der Waals surface area contributed by atoms with Gasteiger partial charge in [-0.05, 0) is 19.3 Å². The molecule has 260 valence electrons. The van der Waals surface area contributed by atoms with Gasteiger partial charge in [0.1, 0.15) is 0 Å². The van der Waals surface area contributed by atoms with Gasteiger partial charge >= 0.3 is 56.1 Å². The monoisotopic (exact) mass is 694 g/mol. The fourth-order valence-corrected chi connectivity index (χ4v) is 5.69. The van der Waals surface area contributed by atoms with Crippen molar-refractivity contribution in [1.29, 1.82) is 0 Å². The van der Waals surface area contributed by atoms with Crippen molar-refractivity contribution < 1.29 is 87.9 Å². The van der Waals surface area contributed by atoms with E-state index in [1.54, 1.807) is 0 Å². The second kappa shape index (κ2) is 14.6. The molecule has 0 spiro atoms. The van der Waals surface area contributed by atoms with Crippen LogP contribution in [0.2, 0.25) is 0 Å².